The molecule has 5 heteroatoms. The third-order valence-electron chi connectivity index (χ3n) is 2.76. The molecule has 2 heterocycles. The van der Waals surface area contributed by atoms with Gasteiger partial charge in [0.2, 0.25) is 0 Å². The van der Waals surface area contributed by atoms with Crippen molar-refractivity contribution < 1.29 is 4.42 Å². The van der Waals surface area contributed by atoms with E-state index in [0.29, 0.717) is 16.7 Å². The third-order valence-corrected chi connectivity index (χ3v) is 2.76. The van der Waals surface area contributed by atoms with Crippen LogP contribution in [0.2, 0.25) is 0 Å². The van der Waals surface area contributed by atoms with E-state index in [0.717, 1.165) is 5.56 Å². The van der Waals surface area contributed by atoms with Gasteiger partial charge in [-0.05, 0) is 30.7 Å². The molecule has 1 aromatic carbocycles. The molecule has 0 saturated carbocycles. The smallest absolute Gasteiger partial charge is 0.303 e. The van der Waals surface area contributed by atoms with Crippen LogP contribution in [-0.4, -0.2) is 9.97 Å². The second kappa shape index (κ2) is 4.53. The average molecular weight is 253 g/mol. The van der Waals surface area contributed by atoms with E-state index >= 15 is 0 Å². The Morgan fingerprint density at radius 1 is 1.21 bits per heavy atom. The fraction of sp³-hybridized carbons (Fsp3) is 0.0714. The van der Waals surface area contributed by atoms with Gasteiger partial charge in [-0.15, -0.1) is 0 Å². The Bertz CT molecular complexity index is 782. The summed E-state index contributed by atoms with van der Waals surface area (Å²) < 4.78 is 5.63. The van der Waals surface area contributed by atoms with Crippen LogP contribution in [0.15, 0.2) is 51.9 Å². The van der Waals surface area contributed by atoms with Crippen LogP contribution in [0.3, 0.4) is 0 Å². The van der Waals surface area contributed by atoms with Gasteiger partial charge in [-0.2, -0.15) is 4.98 Å². The Morgan fingerprint density at radius 3 is 2.89 bits per heavy atom. The number of hydrogen-bond donors (Lipinski definition) is 1. The van der Waals surface area contributed by atoms with Gasteiger partial charge in [-0.1, -0.05) is 12.1 Å². The van der Waals surface area contributed by atoms with Gasteiger partial charge in [-0.25, -0.2) is 0 Å². The Hall–Kier alpha value is -2.69. The van der Waals surface area contributed by atoms with Crippen molar-refractivity contribution in [2.45, 2.75) is 6.92 Å². The van der Waals surface area contributed by atoms with Crippen molar-refractivity contribution in [1.29, 1.82) is 0 Å². The summed E-state index contributed by atoms with van der Waals surface area (Å²) in [6, 6.07) is 9.17. The molecule has 0 aliphatic carbocycles. The monoisotopic (exact) mass is 253 g/mol. The molecular weight excluding hydrogens is 242 g/mol. The molecule has 2 aromatic heterocycles. The first-order valence-electron chi connectivity index (χ1n) is 5.81. The molecule has 0 bridgehead atoms. The molecule has 3 rings (SSSR count). The molecule has 1 N–H and O–H groups in total. The van der Waals surface area contributed by atoms with E-state index < -0.39 is 0 Å². The average Bonchev–Trinajstić information content (AvgIpc) is 2.41. The van der Waals surface area contributed by atoms with Crippen LogP contribution in [0.5, 0.6) is 0 Å². The number of nitrogens with one attached hydrogen (secondary N) is 1. The SMILES string of the molecule is Cc1cccc2c(=O)nc(Nc3cccnc3)oc12. The number of benzene rings is 1. The maximum Gasteiger partial charge on any atom is 0.303 e. The summed E-state index contributed by atoms with van der Waals surface area (Å²) in [4.78, 5) is 19.8. The Labute approximate surface area is 108 Å². The number of aryl methyl sites for hydroxylation is 1. The van der Waals surface area contributed by atoms with E-state index in [1.54, 1.807) is 24.5 Å². The van der Waals surface area contributed by atoms with Crippen LogP contribution >= 0.6 is 0 Å². The zero-order chi connectivity index (χ0) is 13.2. The summed E-state index contributed by atoms with van der Waals surface area (Å²) in [5.74, 6) is 0. The molecular formula is C14H11N3O2. The highest BCUT2D eigenvalue weighted by atomic mass is 16.4. The second-order valence-corrected chi connectivity index (χ2v) is 4.14. The summed E-state index contributed by atoms with van der Waals surface area (Å²) in [7, 11) is 0. The van der Waals surface area contributed by atoms with Gasteiger partial charge in [0.05, 0.1) is 17.3 Å². The van der Waals surface area contributed by atoms with Gasteiger partial charge in [0.25, 0.3) is 5.56 Å². The van der Waals surface area contributed by atoms with E-state index in [4.69, 9.17) is 4.42 Å². The lowest BCUT2D eigenvalue weighted by Gasteiger charge is -2.05. The number of nitrogens with zero attached hydrogens (tertiary/aromatic N) is 2. The van der Waals surface area contributed by atoms with E-state index in [1.807, 2.05) is 25.1 Å². The summed E-state index contributed by atoms with van der Waals surface area (Å²) in [5, 5.41) is 3.41. The number of rotatable bonds is 2. The van der Waals surface area contributed by atoms with Gasteiger partial charge in [0.15, 0.2) is 0 Å². The van der Waals surface area contributed by atoms with Crippen molar-refractivity contribution in [3.05, 3.63) is 58.6 Å². The van der Waals surface area contributed by atoms with E-state index in [1.165, 1.54) is 0 Å². The van der Waals surface area contributed by atoms with Crippen LogP contribution < -0.4 is 10.9 Å². The van der Waals surface area contributed by atoms with Gasteiger partial charge in [-0.3, -0.25) is 9.78 Å². The summed E-state index contributed by atoms with van der Waals surface area (Å²) in [5.41, 5.74) is 1.85. The highest BCUT2D eigenvalue weighted by Crippen LogP contribution is 2.19. The summed E-state index contributed by atoms with van der Waals surface area (Å²) in [6.07, 6.45) is 3.29. The van der Waals surface area contributed by atoms with Crippen molar-refractivity contribution in [3.63, 3.8) is 0 Å². The minimum Gasteiger partial charge on any atom is -0.424 e. The quantitative estimate of drug-likeness (QED) is 0.760. The first kappa shape index (κ1) is 11.4. The molecule has 0 unspecified atom stereocenters. The topological polar surface area (TPSA) is 68.0 Å². The predicted octanol–water partition coefficient (Wildman–Crippen LogP) is 2.64. The lowest BCUT2D eigenvalue weighted by atomic mass is 10.2. The number of aromatic nitrogens is 2. The maximum absolute atomic E-state index is 11.9. The van der Waals surface area contributed by atoms with E-state index in [-0.39, 0.29) is 11.6 Å². The molecule has 0 spiro atoms. The van der Waals surface area contributed by atoms with Gasteiger partial charge >= 0.3 is 6.01 Å². The molecule has 0 amide bonds. The summed E-state index contributed by atoms with van der Waals surface area (Å²) in [6.45, 7) is 1.89. The molecule has 0 saturated heterocycles. The molecule has 19 heavy (non-hydrogen) atoms. The Morgan fingerprint density at radius 2 is 2.11 bits per heavy atom. The second-order valence-electron chi connectivity index (χ2n) is 4.14. The van der Waals surface area contributed by atoms with Crippen molar-refractivity contribution in [3.8, 4) is 0 Å². The number of hydrogen-bond acceptors (Lipinski definition) is 5. The first-order chi connectivity index (χ1) is 9.24. The van der Waals surface area contributed by atoms with Crippen LogP contribution in [-0.2, 0) is 0 Å². The third kappa shape index (κ3) is 2.18. The first-order valence-corrected chi connectivity index (χ1v) is 5.81. The molecule has 0 aliphatic heterocycles. The molecule has 94 valence electrons. The highest BCUT2D eigenvalue weighted by Gasteiger charge is 2.08. The van der Waals surface area contributed by atoms with Gasteiger partial charge < -0.3 is 9.73 Å². The summed E-state index contributed by atoms with van der Waals surface area (Å²) >= 11 is 0. The molecule has 3 aromatic rings. The molecule has 0 atom stereocenters. The van der Waals surface area contributed by atoms with Crippen molar-refractivity contribution in [1.82, 2.24) is 9.97 Å². The van der Waals surface area contributed by atoms with Crippen LogP contribution in [0, 0.1) is 6.92 Å². The standard InChI is InChI=1S/C14H11N3O2/c1-9-4-2-6-11-12(9)19-14(17-13(11)18)16-10-5-3-7-15-8-10/h2-8H,1H3,(H,16,17,18). The maximum atomic E-state index is 11.9. The minimum absolute atomic E-state index is 0.166. The molecule has 0 aliphatic rings. The molecule has 0 radical (unpaired) electrons. The highest BCUT2D eigenvalue weighted by molar-refractivity contribution is 5.79. The number of fused-ring (bicyclic) bond motifs is 1. The van der Waals surface area contributed by atoms with Crippen LogP contribution in [0.1, 0.15) is 5.56 Å². The van der Waals surface area contributed by atoms with Crippen molar-refractivity contribution in [2.24, 2.45) is 0 Å². The largest absolute Gasteiger partial charge is 0.424 e. The number of pyridine rings is 1. The fourth-order valence-corrected chi connectivity index (χ4v) is 1.84. The van der Waals surface area contributed by atoms with Crippen molar-refractivity contribution >= 4 is 22.7 Å². The van der Waals surface area contributed by atoms with E-state index in [9.17, 15) is 4.79 Å². The Kier molecular flexibility index (Phi) is 2.72. The zero-order valence-corrected chi connectivity index (χ0v) is 10.3. The van der Waals surface area contributed by atoms with E-state index in [2.05, 4.69) is 15.3 Å². The lowest BCUT2D eigenvalue weighted by Crippen LogP contribution is -2.09. The van der Waals surface area contributed by atoms with Crippen molar-refractivity contribution in [2.75, 3.05) is 5.32 Å². The Balaban J connectivity index is 2.11. The fourth-order valence-electron chi connectivity index (χ4n) is 1.84. The minimum atomic E-state index is -0.309. The van der Waals surface area contributed by atoms with Crippen LogP contribution in [0.4, 0.5) is 11.7 Å². The molecule has 0 fully saturated rings. The molecule has 5 nitrogen and oxygen atoms in total. The lowest BCUT2D eigenvalue weighted by molar-refractivity contribution is 0.596. The number of para-hydroxylation sites is 1. The van der Waals surface area contributed by atoms with Crippen LogP contribution in [0.25, 0.3) is 11.0 Å². The normalized spacial score (nSPS) is 10.6. The van der Waals surface area contributed by atoms with Gasteiger partial charge in [0, 0.05) is 6.20 Å². The predicted molar refractivity (Wildman–Crippen MR) is 72.5 cm³/mol. The number of anilines is 2. The van der Waals surface area contributed by atoms with Gasteiger partial charge in [0.1, 0.15) is 5.58 Å². The zero-order valence-electron chi connectivity index (χ0n) is 10.3.